The number of rotatable bonds is 5. The van der Waals surface area contributed by atoms with Crippen LogP contribution in [0.2, 0.25) is 5.02 Å². The summed E-state index contributed by atoms with van der Waals surface area (Å²) in [5, 5.41) is 13.1. The summed E-state index contributed by atoms with van der Waals surface area (Å²) >= 11 is 6.35. The first-order valence-electron chi connectivity index (χ1n) is 8.70. The standard InChI is InChI=1S/C17H23ClN6/c1-13(15-4-2-3-5-16(15)18)23-10-8-22(9-11-23)12-17-19-20-21-24(17)14-6-7-14/h2-5,13-14H,6-12H2,1H3/t13-/m1/s1. The van der Waals surface area contributed by atoms with Crippen molar-refractivity contribution in [2.45, 2.75) is 38.4 Å². The number of tetrazole rings is 1. The predicted octanol–water partition coefficient (Wildman–Crippen LogP) is 2.54. The lowest BCUT2D eigenvalue weighted by Crippen LogP contribution is -2.47. The molecule has 0 N–H and O–H groups in total. The highest BCUT2D eigenvalue weighted by Crippen LogP contribution is 2.34. The van der Waals surface area contributed by atoms with Gasteiger partial charge in [0.2, 0.25) is 0 Å². The summed E-state index contributed by atoms with van der Waals surface area (Å²) in [5.41, 5.74) is 1.21. The summed E-state index contributed by atoms with van der Waals surface area (Å²) in [5.74, 6) is 1.00. The first-order valence-corrected chi connectivity index (χ1v) is 9.08. The monoisotopic (exact) mass is 346 g/mol. The molecule has 0 spiro atoms. The van der Waals surface area contributed by atoms with Crippen LogP contribution in [0.3, 0.4) is 0 Å². The maximum atomic E-state index is 6.35. The van der Waals surface area contributed by atoms with E-state index < -0.39 is 0 Å². The van der Waals surface area contributed by atoms with E-state index in [4.69, 9.17) is 11.6 Å². The quantitative estimate of drug-likeness (QED) is 0.832. The second-order valence-corrected chi connectivity index (χ2v) is 7.19. The maximum Gasteiger partial charge on any atom is 0.165 e. The van der Waals surface area contributed by atoms with E-state index in [1.165, 1.54) is 18.4 Å². The molecule has 4 rings (SSSR count). The summed E-state index contributed by atoms with van der Waals surface area (Å²) in [7, 11) is 0. The van der Waals surface area contributed by atoms with E-state index in [2.05, 4.69) is 44.4 Å². The minimum Gasteiger partial charge on any atom is -0.294 e. The number of benzene rings is 1. The van der Waals surface area contributed by atoms with Gasteiger partial charge in [-0.05, 0) is 41.8 Å². The second-order valence-electron chi connectivity index (χ2n) is 6.78. The molecule has 24 heavy (non-hydrogen) atoms. The molecule has 2 heterocycles. The van der Waals surface area contributed by atoms with Crippen molar-refractivity contribution in [1.29, 1.82) is 0 Å². The molecule has 1 aliphatic carbocycles. The van der Waals surface area contributed by atoms with Crippen LogP contribution in [0.15, 0.2) is 24.3 Å². The molecule has 1 saturated heterocycles. The lowest BCUT2D eigenvalue weighted by Gasteiger charge is -2.38. The van der Waals surface area contributed by atoms with Crippen LogP contribution >= 0.6 is 11.6 Å². The van der Waals surface area contributed by atoms with Crippen LogP contribution in [0.5, 0.6) is 0 Å². The highest BCUT2D eigenvalue weighted by atomic mass is 35.5. The van der Waals surface area contributed by atoms with E-state index in [1.807, 2.05) is 16.8 Å². The van der Waals surface area contributed by atoms with E-state index in [0.29, 0.717) is 12.1 Å². The molecule has 2 aliphatic rings. The molecule has 7 heteroatoms. The fourth-order valence-electron chi connectivity index (χ4n) is 3.44. The number of piperazine rings is 1. The molecule has 2 aromatic rings. The Morgan fingerprint density at radius 1 is 1.17 bits per heavy atom. The number of nitrogens with zero attached hydrogens (tertiary/aromatic N) is 6. The van der Waals surface area contributed by atoms with Crippen molar-refractivity contribution in [3.05, 3.63) is 40.7 Å². The number of hydrogen-bond donors (Lipinski definition) is 0. The third-order valence-electron chi connectivity index (χ3n) is 5.13. The Bertz CT molecular complexity index is 690. The van der Waals surface area contributed by atoms with Crippen LogP contribution in [0.4, 0.5) is 0 Å². The lowest BCUT2D eigenvalue weighted by atomic mass is 10.1. The SMILES string of the molecule is C[C@H](c1ccccc1Cl)N1CCN(Cc2nnnn2C2CC2)CC1. The molecular formula is C17H23ClN6. The summed E-state index contributed by atoms with van der Waals surface area (Å²) in [4.78, 5) is 4.95. The van der Waals surface area contributed by atoms with E-state index in [-0.39, 0.29) is 0 Å². The van der Waals surface area contributed by atoms with Gasteiger partial charge in [0.15, 0.2) is 5.82 Å². The van der Waals surface area contributed by atoms with Crippen molar-refractivity contribution < 1.29 is 0 Å². The minimum absolute atomic E-state index is 0.345. The van der Waals surface area contributed by atoms with Gasteiger partial charge in [-0.3, -0.25) is 9.80 Å². The van der Waals surface area contributed by atoms with Crippen LogP contribution in [-0.2, 0) is 6.54 Å². The average molecular weight is 347 g/mol. The fourth-order valence-corrected chi connectivity index (χ4v) is 3.73. The van der Waals surface area contributed by atoms with Crippen molar-refractivity contribution >= 4 is 11.6 Å². The molecule has 1 aromatic heterocycles. The lowest BCUT2D eigenvalue weighted by molar-refractivity contribution is 0.0951. The summed E-state index contributed by atoms with van der Waals surface area (Å²) in [6.45, 7) is 7.23. The minimum atomic E-state index is 0.345. The van der Waals surface area contributed by atoms with E-state index in [0.717, 1.165) is 43.6 Å². The Morgan fingerprint density at radius 3 is 2.62 bits per heavy atom. The van der Waals surface area contributed by atoms with Gasteiger partial charge in [-0.2, -0.15) is 0 Å². The Morgan fingerprint density at radius 2 is 1.92 bits per heavy atom. The molecule has 128 valence electrons. The Hall–Kier alpha value is -1.50. The van der Waals surface area contributed by atoms with Crippen molar-refractivity contribution in [2.24, 2.45) is 0 Å². The molecule has 0 bridgehead atoms. The predicted molar refractivity (Wildman–Crippen MR) is 92.8 cm³/mol. The molecule has 6 nitrogen and oxygen atoms in total. The van der Waals surface area contributed by atoms with Gasteiger partial charge in [0, 0.05) is 37.2 Å². The van der Waals surface area contributed by atoms with Gasteiger partial charge in [-0.25, -0.2) is 4.68 Å². The highest BCUT2D eigenvalue weighted by Gasteiger charge is 2.29. The molecular weight excluding hydrogens is 324 g/mol. The average Bonchev–Trinajstić information content (AvgIpc) is 3.35. The van der Waals surface area contributed by atoms with Gasteiger partial charge in [0.25, 0.3) is 0 Å². The van der Waals surface area contributed by atoms with Crippen LogP contribution in [0, 0.1) is 0 Å². The molecule has 1 saturated carbocycles. The largest absolute Gasteiger partial charge is 0.294 e. The summed E-state index contributed by atoms with van der Waals surface area (Å²) < 4.78 is 2.01. The highest BCUT2D eigenvalue weighted by molar-refractivity contribution is 6.31. The zero-order valence-corrected chi connectivity index (χ0v) is 14.7. The third-order valence-corrected chi connectivity index (χ3v) is 5.47. The fraction of sp³-hybridized carbons (Fsp3) is 0.588. The molecule has 0 unspecified atom stereocenters. The summed E-state index contributed by atoms with van der Waals surface area (Å²) in [6.07, 6.45) is 2.42. The van der Waals surface area contributed by atoms with Crippen molar-refractivity contribution in [2.75, 3.05) is 26.2 Å². The number of hydrogen-bond acceptors (Lipinski definition) is 5. The molecule has 0 amide bonds. The van der Waals surface area contributed by atoms with Crippen LogP contribution in [0.1, 0.15) is 43.2 Å². The normalized spacial score (nSPS) is 21.1. The van der Waals surface area contributed by atoms with Crippen molar-refractivity contribution in [3.8, 4) is 0 Å². The summed E-state index contributed by atoms with van der Waals surface area (Å²) in [6, 6.07) is 9.03. The topological polar surface area (TPSA) is 50.1 Å². The first kappa shape index (κ1) is 16.0. The van der Waals surface area contributed by atoms with Crippen LogP contribution in [-0.4, -0.2) is 56.2 Å². The van der Waals surface area contributed by atoms with Gasteiger partial charge in [0.05, 0.1) is 12.6 Å². The molecule has 0 radical (unpaired) electrons. The van der Waals surface area contributed by atoms with E-state index in [9.17, 15) is 0 Å². The Labute approximate surface area is 147 Å². The van der Waals surface area contributed by atoms with E-state index in [1.54, 1.807) is 0 Å². The molecule has 1 aliphatic heterocycles. The molecule has 2 fully saturated rings. The third kappa shape index (κ3) is 3.31. The molecule has 1 atom stereocenters. The zero-order valence-electron chi connectivity index (χ0n) is 14.0. The van der Waals surface area contributed by atoms with E-state index >= 15 is 0 Å². The van der Waals surface area contributed by atoms with Gasteiger partial charge in [-0.15, -0.1) is 5.10 Å². The number of aromatic nitrogens is 4. The van der Waals surface area contributed by atoms with Crippen molar-refractivity contribution in [3.63, 3.8) is 0 Å². The van der Waals surface area contributed by atoms with Crippen LogP contribution in [0.25, 0.3) is 0 Å². The van der Waals surface area contributed by atoms with Gasteiger partial charge in [0.1, 0.15) is 0 Å². The van der Waals surface area contributed by atoms with Crippen molar-refractivity contribution in [1.82, 2.24) is 30.0 Å². The van der Waals surface area contributed by atoms with Gasteiger partial charge >= 0.3 is 0 Å². The number of halogens is 1. The molecule has 1 aromatic carbocycles. The first-order chi connectivity index (χ1) is 11.7. The Balaban J connectivity index is 1.35. The second kappa shape index (κ2) is 6.78. The maximum absolute atomic E-state index is 6.35. The Kier molecular flexibility index (Phi) is 4.52. The van der Waals surface area contributed by atoms with Crippen LogP contribution < -0.4 is 0 Å². The van der Waals surface area contributed by atoms with Gasteiger partial charge in [-0.1, -0.05) is 29.8 Å². The smallest absolute Gasteiger partial charge is 0.165 e. The van der Waals surface area contributed by atoms with Gasteiger partial charge < -0.3 is 0 Å². The zero-order chi connectivity index (χ0) is 16.5.